The largest absolute Gasteiger partial charge is 0.497 e. The second-order valence-corrected chi connectivity index (χ2v) is 7.37. The van der Waals surface area contributed by atoms with Crippen molar-refractivity contribution in [2.45, 2.75) is 6.92 Å². The number of nitrogens with one attached hydrogen (secondary N) is 1. The molecular formula is C25H20ClN3O3. The summed E-state index contributed by atoms with van der Waals surface area (Å²) in [6.45, 7) is 1.77. The van der Waals surface area contributed by atoms with E-state index in [1.807, 2.05) is 54.6 Å². The third-order valence-corrected chi connectivity index (χ3v) is 4.97. The fourth-order valence-electron chi connectivity index (χ4n) is 3.06. The molecule has 0 saturated heterocycles. The summed E-state index contributed by atoms with van der Waals surface area (Å²) in [5, 5.41) is 3.33. The lowest BCUT2D eigenvalue weighted by Crippen LogP contribution is -2.15. The number of halogens is 1. The Morgan fingerprint density at radius 1 is 0.969 bits per heavy atom. The van der Waals surface area contributed by atoms with Gasteiger partial charge in [-0.3, -0.25) is 4.79 Å². The standard InChI is InChI=1S/C25H20ClN3O3/c1-16-21(15-27-24(28-16)17-8-11-19(31-2)12-9-17)25(30)29-22-14-18(26)10-13-23(22)32-20-6-4-3-5-7-20/h3-15H,1-2H3,(H,29,30). The van der Waals surface area contributed by atoms with Gasteiger partial charge in [0.1, 0.15) is 11.5 Å². The molecule has 0 aliphatic rings. The highest BCUT2D eigenvalue weighted by Gasteiger charge is 2.16. The van der Waals surface area contributed by atoms with Crippen molar-refractivity contribution in [1.29, 1.82) is 0 Å². The zero-order chi connectivity index (χ0) is 22.5. The van der Waals surface area contributed by atoms with E-state index in [0.717, 1.165) is 11.3 Å². The van der Waals surface area contributed by atoms with Gasteiger partial charge in [-0.25, -0.2) is 9.97 Å². The average Bonchev–Trinajstić information content (AvgIpc) is 2.81. The van der Waals surface area contributed by atoms with Gasteiger partial charge in [0.2, 0.25) is 0 Å². The number of para-hydroxylation sites is 1. The molecule has 1 amide bonds. The number of benzene rings is 3. The van der Waals surface area contributed by atoms with E-state index >= 15 is 0 Å². The van der Waals surface area contributed by atoms with Crippen LogP contribution in [0.1, 0.15) is 16.1 Å². The number of aryl methyl sites for hydroxylation is 1. The first-order valence-corrected chi connectivity index (χ1v) is 10.2. The van der Waals surface area contributed by atoms with Gasteiger partial charge in [-0.2, -0.15) is 0 Å². The molecule has 4 aromatic rings. The molecule has 4 rings (SSSR count). The molecule has 0 unspecified atom stereocenters. The fourth-order valence-corrected chi connectivity index (χ4v) is 3.24. The van der Waals surface area contributed by atoms with E-state index in [-0.39, 0.29) is 5.91 Å². The summed E-state index contributed by atoms with van der Waals surface area (Å²) < 4.78 is 11.1. The van der Waals surface area contributed by atoms with Crippen molar-refractivity contribution in [2.24, 2.45) is 0 Å². The van der Waals surface area contributed by atoms with Gasteiger partial charge >= 0.3 is 0 Å². The molecule has 6 nitrogen and oxygen atoms in total. The zero-order valence-corrected chi connectivity index (χ0v) is 18.3. The molecule has 0 saturated carbocycles. The molecule has 1 aromatic heterocycles. The van der Waals surface area contributed by atoms with Crippen LogP contribution in [0.3, 0.4) is 0 Å². The minimum Gasteiger partial charge on any atom is -0.497 e. The number of amides is 1. The molecule has 0 atom stereocenters. The predicted octanol–water partition coefficient (Wildman–Crippen LogP) is 6.16. The van der Waals surface area contributed by atoms with Gasteiger partial charge in [-0.05, 0) is 61.5 Å². The minimum absolute atomic E-state index is 0.355. The topological polar surface area (TPSA) is 73.3 Å². The minimum atomic E-state index is -0.357. The summed E-state index contributed by atoms with van der Waals surface area (Å²) in [6, 6.07) is 21.8. The Balaban J connectivity index is 1.57. The molecule has 0 radical (unpaired) electrons. The molecule has 0 fully saturated rings. The number of anilines is 1. The number of methoxy groups -OCH3 is 1. The number of nitrogens with zero attached hydrogens (tertiary/aromatic N) is 2. The Morgan fingerprint density at radius 3 is 2.41 bits per heavy atom. The third kappa shape index (κ3) is 4.87. The molecule has 160 valence electrons. The Morgan fingerprint density at radius 2 is 1.72 bits per heavy atom. The van der Waals surface area contributed by atoms with Crippen LogP contribution in [-0.2, 0) is 0 Å². The van der Waals surface area contributed by atoms with E-state index in [0.29, 0.717) is 39.3 Å². The number of hydrogen-bond acceptors (Lipinski definition) is 5. The molecule has 3 aromatic carbocycles. The maximum Gasteiger partial charge on any atom is 0.259 e. The normalized spacial score (nSPS) is 10.5. The maximum absolute atomic E-state index is 13.0. The van der Waals surface area contributed by atoms with Crippen molar-refractivity contribution in [2.75, 3.05) is 12.4 Å². The number of rotatable bonds is 6. The smallest absolute Gasteiger partial charge is 0.259 e. The number of hydrogen-bond donors (Lipinski definition) is 1. The van der Waals surface area contributed by atoms with Crippen molar-refractivity contribution in [3.05, 3.63) is 95.3 Å². The van der Waals surface area contributed by atoms with Crippen LogP contribution in [-0.4, -0.2) is 23.0 Å². The first-order valence-electron chi connectivity index (χ1n) is 9.85. The van der Waals surface area contributed by atoms with Gasteiger partial charge in [0.25, 0.3) is 5.91 Å². The molecule has 7 heteroatoms. The first kappa shape index (κ1) is 21.3. The van der Waals surface area contributed by atoms with E-state index in [1.54, 1.807) is 32.2 Å². The van der Waals surface area contributed by atoms with Crippen LogP contribution in [0.2, 0.25) is 5.02 Å². The summed E-state index contributed by atoms with van der Waals surface area (Å²) in [5.41, 5.74) is 2.18. The van der Waals surface area contributed by atoms with E-state index in [9.17, 15) is 4.79 Å². The third-order valence-electron chi connectivity index (χ3n) is 4.73. The number of carbonyl (C=O) groups is 1. The summed E-state index contributed by atoms with van der Waals surface area (Å²) in [7, 11) is 1.61. The molecule has 1 heterocycles. The lowest BCUT2D eigenvalue weighted by molar-refractivity contribution is 0.102. The van der Waals surface area contributed by atoms with Gasteiger partial charge in [0.05, 0.1) is 24.1 Å². The Labute approximate surface area is 190 Å². The fraction of sp³-hybridized carbons (Fsp3) is 0.0800. The summed E-state index contributed by atoms with van der Waals surface area (Å²) in [5.74, 6) is 2.04. The van der Waals surface area contributed by atoms with Crippen LogP contribution in [0.15, 0.2) is 79.0 Å². The SMILES string of the molecule is COc1ccc(-c2ncc(C(=O)Nc3cc(Cl)ccc3Oc3ccccc3)c(C)n2)cc1. The zero-order valence-electron chi connectivity index (χ0n) is 17.5. The van der Waals surface area contributed by atoms with E-state index in [4.69, 9.17) is 21.1 Å². The monoisotopic (exact) mass is 445 g/mol. The van der Waals surface area contributed by atoms with Crippen molar-refractivity contribution >= 4 is 23.2 Å². The van der Waals surface area contributed by atoms with Crippen molar-refractivity contribution in [3.8, 4) is 28.6 Å². The summed E-state index contributed by atoms with van der Waals surface area (Å²) in [4.78, 5) is 21.8. The number of ether oxygens (including phenoxy) is 2. The highest BCUT2D eigenvalue weighted by Crippen LogP contribution is 2.32. The molecular weight excluding hydrogens is 426 g/mol. The maximum atomic E-state index is 13.0. The first-order chi connectivity index (χ1) is 15.5. The second kappa shape index (κ2) is 9.49. The van der Waals surface area contributed by atoms with Crippen LogP contribution >= 0.6 is 11.6 Å². The Kier molecular flexibility index (Phi) is 6.33. The Hall–Kier alpha value is -3.90. The van der Waals surface area contributed by atoms with Crippen LogP contribution in [0.5, 0.6) is 17.2 Å². The summed E-state index contributed by atoms with van der Waals surface area (Å²) >= 11 is 6.15. The molecule has 1 N–H and O–H groups in total. The van der Waals surface area contributed by atoms with Crippen LogP contribution in [0.4, 0.5) is 5.69 Å². The van der Waals surface area contributed by atoms with Crippen molar-refractivity contribution in [1.82, 2.24) is 9.97 Å². The van der Waals surface area contributed by atoms with E-state index in [1.165, 1.54) is 6.20 Å². The van der Waals surface area contributed by atoms with Gasteiger partial charge in [0, 0.05) is 16.8 Å². The number of aromatic nitrogens is 2. The predicted molar refractivity (Wildman–Crippen MR) is 125 cm³/mol. The van der Waals surface area contributed by atoms with Gasteiger partial charge in [0.15, 0.2) is 11.6 Å². The van der Waals surface area contributed by atoms with E-state index in [2.05, 4.69) is 15.3 Å². The Bertz CT molecular complexity index is 1250. The number of carbonyl (C=O) groups excluding carboxylic acids is 1. The molecule has 32 heavy (non-hydrogen) atoms. The highest BCUT2D eigenvalue weighted by atomic mass is 35.5. The van der Waals surface area contributed by atoms with Crippen LogP contribution < -0.4 is 14.8 Å². The molecule has 0 aliphatic carbocycles. The van der Waals surface area contributed by atoms with Crippen molar-refractivity contribution < 1.29 is 14.3 Å². The molecule has 0 aliphatic heterocycles. The second-order valence-electron chi connectivity index (χ2n) is 6.93. The highest BCUT2D eigenvalue weighted by molar-refractivity contribution is 6.31. The lowest BCUT2D eigenvalue weighted by atomic mass is 10.1. The summed E-state index contributed by atoms with van der Waals surface area (Å²) in [6.07, 6.45) is 1.51. The van der Waals surface area contributed by atoms with Gasteiger partial charge in [-0.15, -0.1) is 0 Å². The van der Waals surface area contributed by atoms with E-state index < -0.39 is 0 Å². The van der Waals surface area contributed by atoms with Gasteiger partial charge < -0.3 is 14.8 Å². The van der Waals surface area contributed by atoms with Gasteiger partial charge in [-0.1, -0.05) is 29.8 Å². The molecule has 0 spiro atoms. The quantitative estimate of drug-likeness (QED) is 0.385. The lowest BCUT2D eigenvalue weighted by Gasteiger charge is -2.13. The molecule has 0 bridgehead atoms. The van der Waals surface area contributed by atoms with Crippen LogP contribution in [0.25, 0.3) is 11.4 Å². The van der Waals surface area contributed by atoms with Crippen LogP contribution in [0, 0.1) is 6.92 Å². The average molecular weight is 446 g/mol. The van der Waals surface area contributed by atoms with Crippen molar-refractivity contribution in [3.63, 3.8) is 0 Å².